The number of aromatic nitrogens is 5. The van der Waals surface area contributed by atoms with Crippen LogP contribution in [0.25, 0.3) is 11.4 Å². The van der Waals surface area contributed by atoms with Crippen molar-refractivity contribution in [2.75, 3.05) is 24.7 Å². The molecular formula is C21H24N8O3. The summed E-state index contributed by atoms with van der Waals surface area (Å²) in [7, 11) is 3.26. The van der Waals surface area contributed by atoms with Crippen molar-refractivity contribution in [3.8, 4) is 17.1 Å². The van der Waals surface area contributed by atoms with E-state index in [9.17, 15) is 9.59 Å². The minimum atomic E-state index is -2.64. The van der Waals surface area contributed by atoms with Crippen molar-refractivity contribution in [3.63, 3.8) is 0 Å². The number of rotatable bonds is 8. The second kappa shape index (κ2) is 9.00. The van der Waals surface area contributed by atoms with Gasteiger partial charge in [0.15, 0.2) is 17.4 Å². The van der Waals surface area contributed by atoms with Crippen LogP contribution in [0.4, 0.5) is 17.2 Å². The quantitative estimate of drug-likeness (QED) is 0.482. The zero-order valence-corrected chi connectivity index (χ0v) is 17.5. The molecule has 32 heavy (non-hydrogen) atoms. The Morgan fingerprint density at radius 1 is 1.28 bits per heavy atom. The minimum Gasteiger partial charge on any atom is -0.494 e. The summed E-state index contributed by atoms with van der Waals surface area (Å²) in [6, 6.07) is 6.87. The van der Waals surface area contributed by atoms with Crippen molar-refractivity contribution in [3.05, 3.63) is 36.3 Å². The molecule has 1 saturated carbocycles. The molecule has 0 spiro atoms. The Kier molecular flexibility index (Phi) is 4.96. The van der Waals surface area contributed by atoms with Crippen LogP contribution in [0, 0.1) is 5.92 Å². The Morgan fingerprint density at radius 3 is 2.81 bits per heavy atom. The lowest BCUT2D eigenvalue weighted by molar-refractivity contribution is -0.120. The van der Waals surface area contributed by atoms with E-state index >= 15 is 0 Å². The molecule has 11 nitrogen and oxygen atoms in total. The summed E-state index contributed by atoms with van der Waals surface area (Å²) in [6.45, 7) is -2.64. The molecule has 2 amide bonds. The maximum Gasteiger partial charge on any atom is 0.228 e. The number of nitrogens with zero attached hydrogens (tertiary/aromatic N) is 5. The molecule has 0 saturated heterocycles. The number of aryl methyl sites for hydroxylation is 1. The molecule has 4 rings (SSSR count). The number of methoxy groups -OCH3 is 1. The molecule has 0 radical (unpaired) electrons. The van der Waals surface area contributed by atoms with Gasteiger partial charge in [-0.2, -0.15) is 10.2 Å². The normalized spacial score (nSPS) is 14.6. The molecule has 3 N–H and O–H groups in total. The molecule has 1 aromatic carbocycles. The van der Waals surface area contributed by atoms with Crippen LogP contribution in [0.1, 0.15) is 22.6 Å². The molecular weight excluding hydrogens is 412 g/mol. The van der Waals surface area contributed by atoms with Crippen LogP contribution >= 0.6 is 0 Å². The van der Waals surface area contributed by atoms with Crippen molar-refractivity contribution in [1.82, 2.24) is 30.3 Å². The number of ether oxygens (including phenoxy) is 1. The summed E-state index contributed by atoms with van der Waals surface area (Å²) in [5.41, 5.74) is 1.67. The Morgan fingerprint density at radius 2 is 2.12 bits per heavy atom. The van der Waals surface area contributed by atoms with Gasteiger partial charge < -0.3 is 20.7 Å². The number of hydrogen-bond donors (Lipinski definition) is 3. The third-order valence-corrected chi connectivity index (χ3v) is 4.87. The molecule has 166 valence electrons. The first-order valence-corrected chi connectivity index (χ1v) is 9.91. The highest BCUT2D eigenvalue weighted by Gasteiger charge is 2.30. The average molecular weight is 439 g/mol. The first-order valence-electron chi connectivity index (χ1n) is 11.4. The SMILES string of the molecule is [2H]C([2H])([2H])NC(=O)Cc1nnc(NC(=O)C2CC2)cc1Nc1cccc(-c2ncn(C)n2)c1OC. The smallest absolute Gasteiger partial charge is 0.228 e. The summed E-state index contributed by atoms with van der Waals surface area (Å²) in [6.07, 6.45) is 2.86. The van der Waals surface area contributed by atoms with Crippen molar-refractivity contribution >= 4 is 29.0 Å². The van der Waals surface area contributed by atoms with Gasteiger partial charge in [0.25, 0.3) is 0 Å². The van der Waals surface area contributed by atoms with Gasteiger partial charge in [0.1, 0.15) is 6.33 Å². The Bertz CT molecular complexity index is 1260. The van der Waals surface area contributed by atoms with Crippen LogP contribution in [0.5, 0.6) is 5.75 Å². The molecule has 1 fully saturated rings. The van der Waals surface area contributed by atoms with Crippen molar-refractivity contribution in [1.29, 1.82) is 0 Å². The maximum atomic E-state index is 12.3. The van der Waals surface area contributed by atoms with Crippen molar-refractivity contribution in [2.45, 2.75) is 19.3 Å². The number of carbonyl (C=O) groups is 2. The average Bonchev–Trinajstić information content (AvgIpc) is 3.55. The lowest BCUT2D eigenvalue weighted by Crippen LogP contribution is -2.22. The molecule has 0 aliphatic heterocycles. The van der Waals surface area contributed by atoms with E-state index in [4.69, 9.17) is 8.85 Å². The molecule has 0 atom stereocenters. The van der Waals surface area contributed by atoms with Gasteiger partial charge in [0, 0.05) is 30.1 Å². The summed E-state index contributed by atoms with van der Waals surface area (Å²) >= 11 is 0. The molecule has 0 bridgehead atoms. The van der Waals surface area contributed by atoms with Crippen molar-refractivity contribution < 1.29 is 18.4 Å². The Labute approximate surface area is 188 Å². The third kappa shape index (κ3) is 4.66. The minimum absolute atomic E-state index is 0.0411. The number of likely N-dealkylation sites (N-methyl/N-ethyl adjacent to an activating group) is 1. The van der Waals surface area contributed by atoms with Crippen LogP contribution < -0.4 is 20.7 Å². The highest BCUT2D eigenvalue weighted by molar-refractivity contribution is 5.94. The fraction of sp³-hybridized carbons (Fsp3) is 0.333. The van der Waals surface area contributed by atoms with Gasteiger partial charge in [-0.05, 0) is 25.0 Å². The molecule has 2 aromatic heterocycles. The highest BCUT2D eigenvalue weighted by Crippen LogP contribution is 2.37. The molecule has 2 heterocycles. The van der Waals surface area contributed by atoms with E-state index in [0.29, 0.717) is 28.5 Å². The zero-order valence-electron chi connectivity index (χ0n) is 20.5. The number of carbonyl (C=O) groups excluding carboxylic acids is 2. The van der Waals surface area contributed by atoms with Gasteiger partial charge in [-0.3, -0.25) is 14.3 Å². The Hall–Kier alpha value is -4.02. The van der Waals surface area contributed by atoms with Crippen LogP contribution in [0.3, 0.4) is 0 Å². The van der Waals surface area contributed by atoms with Gasteiger partial charge in [0.2, 0.25) is 11.8 Å². The fourth-order valence-corrected chi connectivity index (χ4v) is 3.13. The largest absolute Gasteiger partial charge is 0.494 e. The van der Waals surface area contributed by atoms with Crippen LogP contribution in [0.2, 0.25) is 0 Å². The van der Waals surface area contributed by atoms with Crippen LogP contribution in [0.15, 0.2) is 30.6 Å². The second-order valence-electron chi connectivity index (χ2n) is 7.33. The summed E-state index contributed by atoms with van der Waals surface area (Å²) in [4.78, 5) is 28.8. The Balaban J connectivity index is 1.68. The number of benzene rings is 1. The van der Waals surface area contributed by atoms with E-state index in [1.807, 2.05) is 5.32 Å². The fourth-order valence-electron chi connectivity index (χ4n) is 3.13. The molecule has 1 aliphatic carbocycles. The van der Waals surface area contributed by atoms with Crippen LogP contribution in [-0.4, -0.2) is 50.9 Å². The standard InChI is InChI=1S/C21H24N8O3/c1-22-18(30)10-16-15(9-17(27-26-16)25-21(31)12-7-8-12)24-14-6-4-5-13(19(14)32-3)20-23-11-29(2)28-20/h4-6,9,11-12H,7-8,10H2,1-3H3,(H,22,30)(H2,24,25,27,31)/i1D3. The first kappa shape index (κ1) is 17.6. The highest BCUT2D eigenvalue weighted by atomic mass is 16.5. The van der Waals surface area contributed by atoms with Gasteiger partial charge in [-0.1, -0.05) is 6.07 Å². The number of hydrogen-bond acceptors (Lipinski definition) is 8. The maximum absolute atomic E-state index is 12.3. The summed E-state index contributed by atoms with van der Waals surface area (Å²) in [5.74, 6) is 0.147. The van der Waals surface area contributed by atoms with E-state index in [1.165, 1.54) is 13.2 Å². The number of para-hydroxylation sites is 1. The van der Waals surface area contributed by atoms with Crippen LogP contribution in [-0.2, 0) is 23.1 Å². The van der Waals surface area contributed by atoms with Gasteiger partial charge in [-0.15, -0.1) is 5.10 Å². The molecule has 11 heteroatoms. The zero-order chi connectivity index (χ0) is 25.2. The van der Waals surface area contributed by atoms with Crippen molar-refractivity contribution in [2.24, 2.45) is 13.0 Å². The third-order valence-electron chi connectivity index (χ3n) is 4.87. The number of nitrogens with one attached hydrogen (secondary N) is 3. The predicted octanol–water partition coefficient (Wildman–Crippen LogP) is 1.66. The molecule has 0 unspecified atom stereocenters. The number of anilines is 3. The van der Waals surface area contributed by atoms with E-state index in [1.54, 1.807) is 36.3 Å². The van der Waals surface area contributed by atoms with E-state index in [0.717, 1.165) is 12.8 Å². The predicted molar refractivity (Wildman–Crippen MR) is 117 cm³/mol. The van der Waals surface area contributed by atoms with Gasteiger partial charge in [0.05, 0.1) is 36.2 Å². The van der Waals surface area contributed by atoms with E-state index in [-0.39, 0.29) is 29.8 Å². The lowest BCUT2D eigenvalue weighted by atomic mass is 10.1. The molecule has 1 aliphatic rings. The summed E-state index contributed by atoms with van der Waals surface area (Å²) < 4.78 is 28.9. The second-order valence-corrected chi connectivity index (χ2v) is 7.33. The first-order chi connectivity index (χ1) is 16.6. The monoisotopic (exact) mass is 439 g/mol. The van der Waals surface area contributed by atoms with Gasteiger partial charge >= 0.3 is 0 Å². The van der Waals surface area contributed by atoms with E-state index < -0.39 is 12.9 Å². The number of amides is 2. The lowest BCUT2D eigenvalue weighted by Gasteiger charge is -2.16. The van der Waals surface area contributed by atoms with Gasteiger partial charge in [-0.25, -0.2) is 4.98 Å². The topological polar surface area (TPSA) is 136 Å². The molecule has 3 aromatic rings. The van der Waals surface area contributed by atoms with E-state index in [2.05, 4.69) is 30.9 Å². The summed E-state index contributed by atoms with van der Waals surface area (Å²) in [5, 5.41) is 20.2.